The first kappa shape index (κ1) is 16.6. The molecule has 3 rings (SSSR count). The summed E-state index contributed by atoms with van der Waals surface area (Å²) in [5.41, 5.74) is 1.74. The van der Waals surface area contributed by atoms with E-state index in [2.05, 4.69) is 10.3 Å². The number of aromatic nitrogens is 1. The molecule has 6 heteroatoms. The molecule has 1 aromatic carbocycles. The topological polar surface area (TPSA) is 76.1 Å². The zero-order valence-electron chi connectivity index (χ0n) is 13.3. The van der Waals surface area contributed by atoms with Gasteiger partial charge in [-0.05, 0) is 24.1 Å². The van der Waals surface area contributed by atoms with Crippen LogP contribution in [0.15, 0.2) is 54.7 Å². The normalized spacial score (nSPS) is 20.4. The molecule has 0 spiro atoms. The van der Waals surface area contributed by atoms with Gasteiger partial charge in [-0.15, -0.1) is 0 Å². The molecule has 1 fully saturated rings. The zero-order valence-corrected chi connectivity index (χ0v) is 14.1. The molecule has 0 radical (unpaired) electrons. The molecule has 126 valence electrons. The minimum atomic E-state index is -3.02. The zero-order chi connectivity index (χ0) is 17.0. The summed E-state index contributed by atoms with van der Waals surface area (Å²) in [6.07, 6.45) is 2.67. The van der Waals surface area contributed by atoms with Crippen LogP contribution in [0.25, 0.3) is 0 Å². The molecule has 2 heterocycles. The van der Waals surface area contributed by atoms with Crippen molar-refractivity contribution in [2.45, 2.75) is 24.8 Å². The molecule has 0 saturated carbocycles. The van der Waals surface area contributed by atoms with Gasteiger partial charge in [0.15, 0.2) is 9.84 Å². The smallest absolute Gasteiger partial charge is 0.228 e. The molecule has 5 nitrogen and oxygen atoms in total. The summed E-state index contributed by atoms with van der Waals surface area (Å²) in [6, 6.07) is 14.9. The molecular formula is C18H20N2O3S. The van der Waals surface area contributed by atoms with Gasteiger partial charge < -0.3 is 5.32 Å². The fraction of sp³-hybridized carbons (Fsp3) is 0.333. The van der Waals surface area contributed by atoms with Gasteiger partial charge in [-0.2, -0.15) is 0 Å². The quantitative estimate of drug-likeness (QED) is 0.896. The van der Waals surface area contributed by atoms with Gasteiger partial charge in [-0.1, -0.05) is 36.4 Å². The van der Waals surface area contributed by atoms with Crippen molar-refractivity contribution in [3.8, 4) is 0 Å². The molecule has 2 atom stereocenters. The third-order valence-corrected chi connectivity index (χ3v) is 6.00. The molecule has 1 aliphatic rings. The summed E-state index contributed by atoms with van der Waals surface area (Å²) >= 11 is 0. The highest BCUT2D eigenvalue weighted by Crippen LogP contribution is 2.22. The Morgan fingerprint density at radius 1 is 1.17 bits per heavy atom. The van der Waals surface area contributed by atoms with Crippen LogP contribution in [0.5, 0.6) is 0 Å². The molecular weight excluding hydrogens is 324 g/mol. The first-order valence-electron chi connectivity index (χ1n) is 7.99. The molecule has 1 saturated heterocycles. The molecule has 1 aliphatic heterocycles. The first-order chi connectivity index (χ1) is 11.5. The summed E-state index contributed by atoms with van der Waals surface area (Å²) < 4.78 is 23.2. The van der Waals surface area contributed by atoms with Crippen molar-refractivity contribution in [3.63, 3.8) is 0 Å². The highest BCUT2D eigenvalue weighted by Gasteiger charge is 2.31. The van der Waals surface area contributed by atoms with E-state index in [0.717, 1.165) is 11.3 Å². The third-order valence-electron chi connectivity index (χ3n) is 4.24. The molecule has 1 N–H and O–H groups in total. The number of hydrogen-bond acceptors (Lipinski definition) is 4. The van der Waals surface area contributed by atoms with Gasteiger partial charge in [0.1, 0.15) is 0 Å². The lowest BCUT2D eigenvalue weighted by atomic mass is 9.92. The Hall–Kier alpha value is -2.21. The van der Waals surface area contributed by atoms with Crippen molar-refractivity contribution in [1.29, 1.82) is 0 Å². The van der Waals surface area contributed by atoms with Crippen molar-refractivity contribution in [1.82, 2.24) is 10.3 Å². The number of nitrogens with one attached hydrogen (secondary N) is 1. The van der Waals surface area contributed by atoms with E-state index in [4.69, 9.17) is 0 Å². The van der Waals surface area contributed by atoms with Gasteiger partial charge in [0.05, 0.1) is 17.4 Å². The number of benzene rings is 1. The second-order valence-electron chi connectivity index (χ2n) is 6.10. The number of carbonyl (C=O) groups is 1. The van der Waals surface area contributed by atoms with Crippen molar-refractivity contribution in [3.05, 3.63) is 66.0 Å². The number of rotatable bonds is 5. The van der Waals surface area contributed by atoms with E-state index in [1.54, 1.807) is 6.20 Å². The summed E-state index contributed by atoms with van der Waals surface area (Å²) in [4.78, 5) is 17.1. The summed E-state index contributed by atoms with van der Waals surface area (Å²) in [7, 11) is -3.02. The standard InChI is InChI=1S/C18H20N2O3S/c21-18(20-16-9-11-24(22,23)13-16)17(14-6-2-1-3-7-14)12-15-8-4-5-10-19-15/h1-8,10,16-17H,9,11-13H2,(H,20,21). The molecule has 0 bridgehead atoms. The van der Waals surface area contributed by atoms with Crippen molar-refractivity contribution in [2.75, 3.05) is 11.5 Å². The van der Waals surface area contributed by atoms with E-state index in [1.807, 2.05) is 48.5 Å². The van der Waals surface area contributed by atoms with Gasteiger partial charge in [0, 0.05) is 24.4 Å². The van der Waals surface area contributed by atoms with Crippen molar-refractivity contribution in [2.24, 2.45) is 0 Å². The average molecular weight is 344 g/mol. The highest BCUT2D eigenvalue weighted by molar-refractivity contribution is 7.91. The number of pyridine rings is 1. The number of sulfone groups is 1. The van der Waals surface area contributed by atoms with Gasteiger partial charge in [0.2, 0.25) is 5.91 Å². The fourth-order valence-electron chi connectivity index (χ4n) is 2.99. The van der Waals surface area contributed by atoms with Crippen LogP contribution in [-0.2, 0) is 21.1 Å². The van der Waals surface area contributed by atoms with Gasteiger partial charge in [-0.25, -0.2) is 8.42 Å². The lowest BCUT2D eigenvalue weighted by molar-refractivity contribution is -0.123. The molecule has 1 amide bonds. The van der Waals surface area contributed by atoms with Crippen LogP contribution < -0.4 is 5.32 Å². The van der Waals surface area contributed by atoms with Crippen LogP contribution in [0, 0.1) is 0 Å². The van der Waals surface area contributed by atoms with Crippen LogP contribution in [0.2, 0.25) is 0 Å². The Morgan fingerprint density at radius 3 is 2.54 bits per heavy atom. The monoisotopic (exact) mass is 344 g/mol. The maximum atomic E-state index is 12.8. The van der Waals surface area contributed by atoms with Gasteiger partial charge in [-0.3, -0.25) is 9.78 Å². The minimum absolute atomic E-state index is 0.0316. The van der Waals surface area contributed by atoms with Crippen LogP contribution in [0.3, 0.4) is 0 Å². The van der Waals surface area contributed by atoms with Gasteiger partial charge >= 0.3 is 0 Å². The second-order valence-corrected chi connectivity index (χ2v) is 8.33. The van der Waals surface area contributed by atoms with Crippen LogP contribution in [0.4, 0.5) is 0 Å². The second kappa shape index (κ2) is 7.13. The Kier molecular flexibility index (Phi) is 4.94. The predicted octanol–water partition coefficient (Wildman–Crippen LogP) is 1.71. The number of nitrogens with zero attached hydrogens (tertiary/aromatic N) is 1. The number of hydrogen-bond donors (Lipinski definition) is 1. The van der Waals surface area contributed by atoms with Gasteiger partial charge in [0.25, 0.3) is 0 Å². The van der Waals surface area contributed by atoms with Crippen molar-refractivity contribution >= 4 is 15.7 Å². The molecule has 1 aromatic heterocycles. The lowest BCUT2D eigenvalue weighted by Crippen LogP contribution is -2.39. The summed E-state index contributed by atoms with van der Waals surface area (Å²) in [6.45, 7) is 0. The third kappa shape index (κ3) is 4.20. The predicted molar refractivity (Wildman–Crippen MR) is 92.3 cm³/mol. The Labute approximate surface area is 142 Å². The average Bonchev–Trinajstić information content (AvgIpc) is 2.93. The van der Waals surface area contributed by atoms with Crippen LogP contribution in [-0.4, -0.2) is 36.9 Å². The Balaban J connectivity index is 1.78. The Bertz CT molecular complexity index is 792. The van der Waals surface area contributed by atoms with Crippen LogP contribution in [0.1, 0.15) is 23.6 Å². The maximum absolute atomic E-state index is 12.8. The molecule has 2 aromatic rings. The summed E-state index contributed by atoms with van der Waals surface area (Å²) in [5.74, 6) is -0.351. The largest absolute Gasteiger partial charge is 0.352 e. The summed E-state index contributed by atoms with van der Waals surface area (Å²) in [5, 5.41) is 2.91. The maximum Gasteiger partial charge on any atom is 0.228 e. The van der Waals surface area contributed by atoms with E-state index in [0.29, 0.717) is 12.8 Å². The molecule has 24 heavy (non-hydrogen) atoms. The molecule has 2 unspecified atom stereocenters. The number of amides is 1. The highest BCUT2D eigenvalue weighted by atomic mass is 32.2. The van der Waals surface area contributed by atoms with Crippen molar-refractivity contribution < 1.29 is 13.2 Å². The van der Waals surface area contributed by atoms with E-state index in [-0.39, 0.29) is 29.4 Å². The fourth-order valence-corrected chi connectivity index (χ4v) is 4.66. The van der Waals surface area contributed by atoms with E-state index in [1.165, 1.54) is 0 Å². The Morgan fingerprint density at radius 2 is 1.92 bits per heavy atom. The first-order valence-corrected chi connectivity index (χ1v) is 9.81. The van der Waals surface area contributed by atoms with E-state index in [9.17, 15) is 13.2 Å². The van der Waals surface area contributed by atoms with Crippen LogP contribution >= 0.6 is 0 Å². The minimum Gasteiger partial charge on any atom is -0.352 e. The van der Waals surface area contributed by atoms with E-state index < -0.39 is 9.84 Å². The SMILES string of the molecule is O=C(NC1CCS(=O)(=O)C1)C(Cc1ccccn1)c1ccccc1. The van der Waals surface area contributed by atoms with E-state index >= 15 is 0 Å². The molecule has 0 aliphatic carbocycles. The lowest BCUT2D eigenvalue weighted by Gasteiger charge is -2.19. The number of carbonyl (C=O) groups excluding carboxylic acids is 1.